The Morgan fingerprint density at radius 2 is 2.32 bits per heavy atom. The zero-order valence-corrected chi connectivity index (χ0v) is 16.6. The van der Waals surface area contributed by atoms with Crippen molar-refractivity contribution in [3.63, 3.8) is 0 Å². The van der Waals surface area contributed by atoms with Gasteiger partial charge in [0.25, 0.3) is 0 Å². The summed E-state index contributed by atoms with van der Waals surface area (Å²) < 4.78 is 0. The van der Waals surface area contributed by atoms with Gasteiger partial charge in [0.1, 0.15) is 0 Å². The molecular weight excluding hydrogens is 350 g/mol. The first-order chi connectivity index (χ1) is 12.1. The molecule has 3 heterocycles. The lowest BCUT2D eigenvalue weighted by Crippen LogP contribution is -2.39. The first kappa shape index (κ1) is 18.7. The number of hydrogen-bond acceptors (Lipinski definition) is 4. The van der Waals surface area contributed by atoms with Gasteiger partial charge in [-0.2, -0.15) is 0 Å². The summed E-state index contributed by atoms with van der Waals surface area (Å²) in [4.78, 5) is 15.0. The molecule has 2 aliphatic heterocycles. The van der Waals surface area contributed by atoms with Crippen LogP contribution in [-0.4, -0.2) is 40.9 Å². The molecule has 1 fully saturated rings. The lowest BCUT2D eigenvalue weighted by atomic mass is 9.96. The van der Waals surface area contributed by atoms with Crippen LogP contribution in [0.4, 0.5) is 0 Å². The molecule has 25 heavy (non-hydrogen) atoms. The Hall–Kier alpha value is -1.04. The summed E-state index contributed by atoms with van der Waals surface area (Å²) >= 11 is 3.76. The van der Waals surface area contributed by atoms with Gasteiger partial charge >= 0.3 is 5.97 Å². The number of aryl methyl sites for hydroxylation is 1. The summed E-state index contributed by atoms with van der Waals surface area (Å²) in [6, 6.07) is 2.20. The van der Waals surface area contributed by atoms with Crippen molar-refractivity contribution in [2.24, 2.45) is 11.8 Å². The number of allylic oxidation sites excluding steroid dienone is 1. The molecule has 0 amide bonds. The van der Waals surface area contributed by atoms with E-state index in [1.54, 1.807) is 0 Å². The molecule has 0 radical (unpaired) electrons. The summed E-state index contributed by atoms with van der Waals surface area (Å²) in [5, 5.41) is 14.2. The average Bonchev–Trinajstić information content (AvgIpc) is 3.21. The van der Waals surface area contributed by atoms with E-state index in [4.69, 9.17) is 0 Å². The summed E-state index contributed by atoms with van der Waals surface area (Å²) in [5.41, 5.74) is 2.82. The van der Waals surface area contributed by atoms with Gasteiger partial charge < -0.3 is 10.0 Å². The number of nitrogens with zero attached hydrogens (tertiary/aromatic N) is 1. The zero-order valence-electron chi connectivity index (χ0n) is 15.0. The van der Waals surface area contributed by atoms with E-state index >= 15 is 0 Å². The van der Waals surface area contributed by atoms with E-state index in [0.717, 1.165) is 32.4 Å². The number of rotatable bonds is 6. The zero-order chi connectivity index (χ0) is 17.8. The quantitative estimate of drug-likeness (QED) is 0.766. The van der Waals surface area contributed by atoms with Crippen LogP contribution in [0.5, 0.6) is 0 Å². The second kappa shape index (κ2) is 8.56. The molecule has 1 aromatic heterocycles. The Balaban J connectivity index is 1.67. The fraction of sp³-hybridized carbons (Fsp3) is 0.550. The first-order valence-corrected chi connectivity index (χ1v) is 10.9. The summed E-state index contributed by atoms with van der Waals surface area (Å²) in [6.45, 7) is 7.17. The van der Waals surface area contributed by atoms with Gasteiger partial charge in [-0.1, -0.05) is 19.1 Å². The van der Waals surface area contributed by atoms with E-state index in [9.17, 15) is 9.90 Å². The van der Waals surface area contributed by atoms with Crippen molar-refractivity contribution in [2.75, 3.05) is 19.6 Å². The molecule has 5 heteroatoms. The smallest absolute Gasteiger partial charge is 0.307 e. The van der Waals surface area contributed by atoms with Gasteiger partial charge in [0.05, 0.1) is 5.92 Å². The minimum atomic E-state index is -0.641. The number of thiophene rings is 1. The highest BCUT2D eigenvalue weighted by Gasteiger charge is 2.27. The number of hydrogen-bond donors (Lipinski definition) is 1. The topological polar surface area (TPSA) is 40.5 Å². The fourth-order valence-corrected chi connectivity index (χ4v) is 5.99. The second-order valence-electron chi connectivity index (χ2n) is 7.10. The van der Waals surface area contributed by atoms with Crippen LogP contribution in [-0.2, 0) is 4.79 Å². The molecule has 1 N–H and O–H groups in total. The molecule has 0 aliphatic carbocycles. The minimum absolute atomic E-state index is 0.189. The van der Waals surface area contributed by atoms with Crippen molar-refractivity contribution in [1.29, 1.82) is 0 Å². The highest BCUT2D eigenvalue weighted by molar-refractivity contribution is 8.03. The number of likely N-dealkylation sites (tertiary alicyclic amines) is 1. The van der Waals surface area contributed by atoms with E-state index in [1.165, 1.54) is 16.0 Å². The summed E-state index contributed by atoms with van der Waals surface area (Å²) in [5.74, 6) is -0.270. The van der Waals surface area contributed by atoms with Crippen molar-refractivity contribution in [2.45, 2.75) is 38.4 Å². The van der Waals surface area contributed by atoms with Crippen LogP contribution in [0.3, 0.4) is 0 Å². The standard InChI is InChI=1S/C20H27NO2S2/c1-14-7-11-24-18(14)17(19-15(2)8-12-25-19)6-4-10-21-9-3-5-16(13-21)20(22)23/h6-8,11-12,14,16,18H,3-5,9-10,13H2,1-2H3,(H,22,23)/b17-6+. The molecule has 3 unspecified atom stereocenters. The van der Waals surface area contributed by atoms with Crippen LogP contribution in [0, 0.1) is 18.8 Å². The normalized spacial score (nSPS) is 27.8. The second-order valence-corrected chi connectivity index (χ2v) is 9.07. The molecular formula is C20H27NO2S2. The molecule has 1 aromatic rings. The predicted octanol–water partition coefficient (Wildman–Crippen LogP) is 4.89. The Labute approximate surface area is 158 Å². The minimum Gasteiger partial charge on any atom is -0.481 e. The van der Waals surface area contributed by atoms with Gasteiger partial charge in [-0.15, -0.1) is 23.1 Å². The molecule has 3 nitrogen and oxygen atoms in total. The lowest BCUT2D eigenvalue weighted by Gasteiger charge is -2.30. The fourth-order valence-electron chi connectivity index (χ4n) is 3.70. The van der Waals surface area contributed by atoms with Crippen LogP contribution in [0.2, 0.25) is 0 Å². The van der Waals surface area contributed by atoms with E-state index in [-0.39, 0.29) is 5.92 Å². The Kier molecular flexibility index (Phi) is 6.42. The van der Waals surface area contributed by atoms with Crippen LogP contribution in [0.15, 0.2) is 29.0 Å². The van der Waals surface area contributed by atoms with Gasteiger partial charge in [-0.3, -0.25) is 4.79 Å². The van der Waals surface area contributed by atoms with Gasteiger partial charge in [0.2, 0.25) is 0 Å². The maximum absolute atomic E-state index is 11.2. The van der Waals surface area contributed by atoms with Gasteiger partial charge in [0.15, 0.2) is 0 Å². The molecule has 2 aliphatic rings. The number of piperidine rings is 1. The highest BCUT2D eigenvalue weighted by atomic mass is 32.2. The Morgan fingerprint density at radius 1 is 1.48 bits per heavy atom. The molecule has 0 aromatic carbocycles. The van der Waals surface area contributed by atoms with Crippen molar-refractivity contribution in [3.05, 3.63) is 39.4 Å². The summed E-state index contributed by atoms with van der Waals surface area (Å²) in [7, 11) is 0. The molecule has 136 valence electrons. The molecule has 3 atom stereocenters. The number of carbonyl (C=O) groups is 1. The predicted molar refractivity (Wildman–Crippen MR) is 108 cm³/mol. The Bertz CT molecular complexity index is 664. The van der Waals surface area contributed by atoms with Crippen LogP contribution in [0.25, 0.3) is 5.57 Å². The number of thioether (sulfide) groups is 1. The van der Waals surface area contributed by atoms with Crippen molar-refractivity contribution in [1.82, 2.24) is 4.90 Å². The van der Waals surface area contributed by atoms with Crippen molar-refractivity contribution >= 4 is 34.6 Å². The van der Waals surface area contributed by atoms with E-state index in [0.29, 0.717) is 17.7 Å². The van der Waals surface area contributed by atoms with Gasteiger partial charge in [0, 0.05) is 23.2 Å². The molecule has 1 saturated heterocycles. The lowest BCUT2D eigenvalue weighted by molar-refractivity contribution is -0.143. The van der Waals surface area contributed by atoms with Gasteiger partial charge in [-0.25, -0.2) is 0 Å². The molecule has 0 saturated carbocycles. The number of aliphatic carboxylic acids is 1. The molecule has 0 spiro atoms. The third-order valence-electron chi connectivity index (χ3n) is 5.18. The van der Waals surface area contributed by atoms with E-state index < -0.39 is 5.97 Å². The van der Waals surface area contributed by atoms with Crippen LogP contribution < -0.4 is 0 Å². The third kappa shape index (κ3) is 4.57. The van der Waals surface area contributed by atoms with Crippen molar-refractivity contribution in [3.8, 4) is 0 Å². The largest absolute Gasteiger partial charge is 0.481 e. The number of carboxylic acids is 1. The maximum Gasteiger partial charge on any atom is 0.307 e. The van der Waals surface area contributed by atoms with E-state index in [1.807, 2.05) is 23.1 Å². The highest BCUT2D eigenvalue weighted by Crippen LogP contribution is 2.41. The monoisotopic (exact) mass is 377 g/mol. The van der Waals surface area contributed by atoms with Gasteiger partial charge in [-0.05, 0) is 66.6 Å². The maximum atomic E-state index is 11.2. The average molecular weight is 378 g/mol. The third-order valence-corrected chi connectivity index (χ3v) is 7.54. The summed E-state index contributed by atoms with van der Waals surface area (Å²) in [6.07, 6.45) is 7.52. The number of carboxylic acid groups (broad SMARTS) is 1. The Morgan fingerprint density at radius 3 is 2.96 bits per heavy atom. The van der Waals surface area contributed by atoms with E-state index in [2.05, 4.69) is 47.8 Å². The molecule has 0 bridgehead atoms. The van der Waals surface area contributed by atoms with Crippen LogP contribution >= 0.6 is 23.1 Å². The van der Waals surface area contributed by atoms with Crippen LogP contribution in [0.1, 0.15) is 36.6 Å². The van der Waals surface area contributed by atoms with Crippen molar-refractivity contribution < 1.29 is 9.90 Å². The molecule has 3 rings (SSSR count). The SMILES string of the molecule is Cc1ccsc1/C(=C/CCN1CCCC(C(=O)O)C1)C1SC=CC1C. The first-order valence-electron chi connectivity index (χ1n) is 9.08.